The molecule has 0 bridgehead atoms. The highest BCUT2D eigenvalue weighted by Gasteiger charge is 2.13. The van der Waals surface area contributed by atoms with Crippen molar-refractivity contribution in [2.75, 3.05) is 6.54 Å². The number of urea groups is 1. The lowest BCUT2D eigenvalue weighted by molar-refractivity contribution is -0.385. The molecule has 0 aromatic heterocycles. The summed E-state index contributed by atoms with van der Waals surface area (Å²) in [5.74, 6) is 0. The van der Waals surface area contributed by atoms with Crippen molar-refractivity contribution in [2.45, 2.75) is 20.0 Å². The minimum absolute atomic E-state index is 0.0209. The van der Waals surface area contributed by atoms with E-state index in [-0.39, 0.29) is 24.5 Å². The van der Waals surface area contributed by atoms with Gasteiger partial charge >= 0.3 is 6.03 Å². The number of rotatable bonds is 8. The number of hydrazine groups is 1. The van der Waals surface area contributed by atoms with Crippen molar-refractivity contribution in [3.8, 4) is 0 Å². The fourth-order valence-electron chi connectivity index (χ4n) is 2.35. The van der Waals surface area contributed by atoms with Crippen LogP contribution >= 0.6 is 0 Å². The van der Waals surface area contributed by atoms with Gasteiger partial charge in [-0.25, -0.2) is 10.2 Å². The molecule has 2 rings (SSSR count). The van der Waals surface area contributed by atoms with Crippen molar-refractivity contribution < 1.29 is 14.6 Å². The van der Waals surface area contributed by atoms with E-state index in [1.54, 1.807) is 31.2 Å². The third-order valence-corrected chi connectivity index (χ3v) is 3.72. The molecule has 0 radical (unpaired) electrons. The van der Waals surface area contributed by atoms with E-state index in [0.717, 1.165) is 0 Å². The number of nitro benzene ring substituents is 2. The van der Waals surface area contributed by atoms with Gasteiger partial charge in [0.15, 0.2) is 0 Å². The summed E-state index contributed by atoms with van der Waals surface area (Å²) in [6, 6.07) is 11.7. The number of hydrogen-bond donors (Lipinski definition) is 2. The second kappa shape index (κ2) is 9.25. The first-order valence-corrected chi connectivity index (χ1v) is 8.16. The predicted octanol–water partition coefficient (Wildman–Crippen LogP) is 2.74. The molecule has 0 saturated heterocycles. The first-order valence-electron chi connectivity index (χ1n) is 8.16. The molecule has 0 atom stereocenters. The number of carbonyl (C=O) groups excluding carboxylic acids is 1. The molecule has 27 heavy (non-hydrogen) atoms. The van der Waals surface area contributed by atoms with Gasteiger partial charge in [0.2, 0.25) is 0 Å². The second-order valence-electron chi connectivity index (χ2n) is 5.59. The lowest BCUT2D eigenvalue weighted by atomic mass is 10.2. The lowest BCUT2D eigenvalue weighted by Gasteiger charge is -2.22. The molecule has 0 spiro atoms. The normalized spacial score (nSPS) is 10.3. The molecule has 2 amide bonds. The first kappa shape index (κ1) is 19.8. The van der Waals surface area contributed by atoms with Crippen LogP contribution in [0.5, 0.6) is 0 Å². The third kappa shape index (κ3) is 5.75. The Hall–Kier alpha value is -3.53. The molecule has 0 fully saturated rings. The van der Waals surface area contributed by atoms with E-state index >= 15 is 0 Å². The van der Waals surface area contributed by atoms with Crippen molar-refractivity contribution in [3.05, 3.63) is 79.9 Å². The van der Waals surface area contributed by atoms with Gasteiger partial charge in [0, 0.05) is 43.9 Å². The average molecular weight is 373 g/mol. The van der Waals surface area contributed by atoms with Crippen LogP contribution in [0.1, 0.15) is 18.1 Å². The quantitative estimate of drug-likeness (QED) is 0.540. The number of non-ortho nitro benzene ring substituents is 2. The molecule has 0 aliphatic rings. The lowest BCUT2D eigenvalue weighted by Crippen LogP contribution is -2.47. The van der Waals surface area contributed by atoms with Gasteiger partial charge in [0.25, 0.3) is 11.4 Å². The topological polar surface area (TPSA) is 131 Å². The van der Waals surface area contributed by atoms with E-state index in [1.807, 2.05) is 0 Å². The fraction of sp³-hybridized carbons (Fsp3) is 0.235. The Balaban J connectivity index is 1.92. The summed E-state index contributed by atoms with van der Waals surface area (Å²) in [6.07, 6.45) is 0. The van der Waals surface area contributed by atoms with Crippen LogP contribution in [-0.2, 0) is 13.1 Å². The smallest absolute Gasteiger partial charge is 0.331 e. The van der Waals surface area contributed by atoms with Crippen molar-refractivity contribution >= 4 is 17.4 Å². The van der Waals surface area contributed by atoms with Crippen LogP contribution in [0.15, 0.2) is 48.5 Å². The Labute approximate surface area is 155 Å². The van der Waals surface area contributed by atoms with Crippen molar-refractivity contribution in [1.29, 1.82) is 0 Å². The van der Waals surface area contributed by atoms with Gasteiger partial charge in [-0.1, -0.05) is 24.3 Å². The number of nitrogens with one attached hydrogen (secondary N) is 2. The maximum Gasteiger partial charge on any atom is 0.331 e. The van der Waals surface area contributed by atoms with Crippen LogP contribution in [0.2, 0.25) is 0 Å². The van der Waals surface area contributed by atoms with Gasteiger partial charge in [-0.2, -0.15) is 0 Å². The van der Waals surface area contributed by atoms with E-state index in [1.165, 1.54) is 29.3 Å². The molecule has 10 heteroatoms. The van der Waals surface area contributed by atoms with E-state index in [9.17, 15) is 25.0 Å². The Morgan fingerprint density at radius 2 is 1.48 bits per heavy atom. The standard InChI is InChI=1S/C17H19N5O5/c1-2-20(19-12-14-6-4-8-16(10-14)22(26)27)17(23)18-11-13-5-3-7-15(9-13)21(24)25/h3-10,19H,2,11-12H2,1H3,(H,18,23). The van der Waals surface area contributed by atoms with E-state index < -0.39 is 15.9 Å². The summed E-state index contributed by atoms with van der Waals surface area (Å²) in [5, 5.41) is 25.6. The third-order valence-electron chi connectivity index (χ3n) is 3.72. The highest BCUT2D eigenvalue weighted by atomic mass is 16.6. The summed E-state index contributed by atoms with van der Waals surface area (Å²) >= 11 is 0. The van der Waals surface area contributed by atoms with Crippen LogP contribution < -0.4 is 10.7 Å². The Morgan fingerprint density at radius 1 is 0.963 bits per heavy atom. The molecule has 2 aromatic carbocycles. The van der Waals surface area contributed by atoms with E-state index in [0.29, 0.717) is 17.7 Å². The molecule has 10 nitrogen and oxygen atoms in total. The molecule has 0 heterocycles. The number of nitro groups is 2. The fourth-order valence-corrected chi connectivity index (χ4v) is 2.35. The van der Waals surface area contributed by atoms with Crippen molar-refractivity contribution in [1.82, 2.24) is 15.8 Å². The highest BCUT2D eigenvalue weighted by molar-refractivity contribution is 5.73. The Morgan fingerprint density at radius 3 is 1.96 bits per heavy atom. The molecule has 0 aliphatic carbocycles. The van der Waals surface area contributed by atoms with Crippen LogP contribution in [-0.4, -0.2) is 27.4 Å². The van der Waals surface area contributed by atoms with Gasteiger partial charge in [0.05, 0.1) is 9.85 Å². The molecule has 2 N–H and O–H groups in total. The highest BCUT2D eigenvalue weighted by Crippen LogP contribution is 2.14. The maximum absolute atomic E-state index is 12.3. The Bertz CT molecular complexity index is 842. The maximum atomic E-state index is 12.3. The zero-order valence-electron chi connectivity index (χ0n) is 14.6. The molecule has 2 aromatic rings. The Kier molecular flexibility index (Phi) is 6.78. The molecule has 0 aliphatic heterocycles. The second-order valence-corrected chi connectivity index (χ2v) is 5.59. The summed E-state index contributed by atoms with van der Waals surface area (Å²) < 4.78 is 0. The molecule has 0 unspecified atom stereocenters. The number of carbonyl (C=O) groups is 1. The zero-order chi connectivity index (χ0) is 19.8. The molecular weight excluding hydrogens is 354 g/mol. The molecule has 0 saturated carbocycles. The summed E-state index contributed by atoms with van der Waals surface area (Å²) in [7, 11) is 0. The SMILES string of the molecule is CCN(NCc1cccc([N+](=O)[O-])c1)C(=O)NCc1cccc([N+](=O)[O-])c1. The summed E-state index contributed by atoms with van der Waals surface area (Å²) in [5.41, 5.74) is 4.11. The number of hydrogen-bond acceptors (Lipinski definition) is 6. The van der Waals surface area contributed by atoms with Gasteiger partial charge in [-0.3, -0.25) is 25.2 Å². The van der Waals surface area contributed by atoms with E-state index in [4.69, 9.17) is 0 Å². The van der Waals surface area contributed by atoms with Gasteiger partial charge < -0.3 is 5.32 Å². The van der Waals surface area contributed by atoms with Crippen LogP contribution in [0, 0.1) is 20.2 Å². The first-order chi connectivity index (χ1) is 12.9. The van der Waals surface area contributed by atoms with Crippen LogP contribution in [0.3, 0.4) is 0 Å². The minimum Gasteiger partial charge on any atom is -0.333 e. The van der Waals surface area contributed by atoms with E-state index in [2.05, 4.69) is 10.7 Å². The summed E-state index contributed by atoms with van der Waals surface area (Å²) in [4.78, 5) is 32.9. The number of benzene rings is 2. The number of nitrogens with zero attached hydrogens (tertiary/aromatic N) is 3. The van der Waals surface area contributed by atoms with Crippen LogP contribution in [0.4, 0.5) is 16.2 Å². The van der Waals surface area contributed by atoms with Crippen LogP contribution in [0.25, 0.3) is 0 Å². The van der Waals surface area contributed by atoms with Crippen molar-refractivity contribution in [3.63, 3.8) is 0 Å². The largest absolute Gasteiger partial charge is 0.333 e. The zero-order valence-corrected chi connectivity index (χ0v) is 14.6. The van der Waals surface area contributed by atoms with Gasteiger partial charge in [-0.15, -0.1) is 0 Å². The number of amides is 2. The van der Waals surface area contributed by atoms with Gasteiger partial charge in [-0.05, 0) is 18.1 Å². The van der Waals surface area contributed by atoms with Gasteiger partial charge in [0.1, 0.15) is 0 Å². The van der Waals surface area contributed by atoms with Crippen molar-refractivity contribution in [2.24, 2.45) is 0 Å². The monoisotopic (exact) mass is 373 g/mol. The molecule has 142 valence electrons. The average Bonchev–Trinajstić information content (AvgIpc) is 2.67. The predicted molar refractivity (Wildman–Crippen MR) is 97.6 cm³/mol. The molecular formula is C17H19N5O5. The minimum atomic E-state index is -0.496. The summed E-state index contributed by atoms with van der Waals surface area (Å²) in [6.45, 7) is 2.50.